The van der Waals surface area contributed by atoms with Crippen LogP contribution in [0.1, 0.15) is 9.67 Å². The fraction of sp³-hybridized carbons (Fsp3) is 0.0769. The van der Waals surface area contributed by atoms with Crippen molar-refractivity contribution in [2.75, 3.05) is 7.11 Å². The molecule has 0 bridgehead atoms. The number of aromatic nitrogens is 2. The van der Waals surface area contributed by atoms with Gasteiger partial charge >= 0.3 is 5.97 Å². The minimum absolute atomic E-state index is 0.0913. The van der Waals surface area contributed by atoms with E-state index in [9.17, 15) is 9.90 Å². The summed E-state index contributed by atoms with van der Waals surface area (Å²) in [5.74, 6) is -0.642. The molecule has 0 saturated heterocycles. The summed E-state index contributed by atoms with van der Waals surface area (Å²) in [6.07, 6.45) is 1.74. The lowest BCUT2D eigenvalue weighted by atomic mass is 10.3. The number of aromatic hydroxyl groups is 1. The van der Waals surface area contributed by atoms with E-state index in [4.69, 9.17) is 0 Å². The van der Waals surface area contributed by atoms with E-state index >= 15 is 0 Å². The van der Waals surface area contributed by atoms with E-state index in [0.29, 0.717) is 5.00 Å². The van der Waals surface area contributed by atoms with E-state index < -0.39 is 5.97 Å². The Morgan fingerprint density at radius 1 is 1.42 bits per heavy atom. The smallest absolute Gasteiger partial charge is 0.351 e. The summed E-state index contributed by atoms with van der Waals surface area (Å²) in [6.45, 7) is 0. The van der Waals surface area contributed by atoms with Crippen LogP contribution in [0, 0.1) is 0 Å². The zero-order chi connectivity index (χ0) is 13.4. The average Bonchev–Trinajstić information content (AvgIpc) is 3.01. The molecule has 3 rings (SSSR count). The first kappa shape index (κ1) is 11.7. The Labute approximate surface area is 112 Å². The first-order valence-electron chi connectivity index (χ1n) is 5.55. The number of fused-ring (bicyclic) bond motifs is 1. The van der Waals surface area contributed by atoms with Gasteiger partial charge in [-0.1, -0.05) is 18.2 Å². The van der Waals surface area contributed by atoms with Crippen molar-refractivity contribution in [3.05, 3.63) is 41.4 Å². The van der Waals surface area contributed by atoms with Crippen molar-refractivity contribution in [2.45, 2.75) is 0 Å². The lowest BCUT2D eigenvalue weighted by Gasteiger charge is -1.98. The first-order valence-corrected chi connectivity index (χ1v) is 6.36. The number of carbonyl (C=O) groups is 1. The van der Waals surface area contributed by atoms with Gasteiger partial charge in [-0.3, -0.25) is 0 Å². The van der Waals surface area contributed by atoms with Gasteiger partial charge < -0.3 is 9.84 Å². The van der Waals surface area contributed by atoms with Crippen LogP contribution in [0.15, 0.2) is 36.5 Å². The Morgan fingerprint density at radius 3 is 3.00 bits per heavy atom. The van der Waals surface area contributed by atoms with Crippen LogP contribution < -0.4 is 0 Å². The highest BCUT2D eigenvalue weighted by Crippen LogP contribution is 2.32. The molecule has 1 N–H and O–H groups in total. The number of hydrogen-bond donors (Lipinski definition) is 1. The van der Waals surface area contributed by atoms with E-state index in [1.54, 1.807) is 10.9 Å². The fourth-order valence-corrected chi connectivity index (χ4v) is 2.80. The Balaban J connectivity index is 2.15. The number of para-hydroxylation sites is 1. The maximum atomic E-state index is 11.5. The van der Waals surface area contributed by atoms with Gasteiger partial charge in [0.05, 0.1) is 18.8 Å². The second-order valence-electron chi connectivity index (χ2n) is 3.91. The molecule has 5 nitrogen and oxygen atoms in total. The summed E-state index contributed by atoms with van der Waals surface area (Å²) >= 11 is 1.14. The molecule has 2 heterocycles. The van der Waals surface area contributed by atoms with E-state index in [-0.39, 0.29) is 10.6 Å². The summed E-state index contributed by atoms with van der Waals surface area (Å²) in [7, 11) is 1.28. The number of carbonyl (C=O) groups excluding carboxylic acids is 1. The van der Waals surface area contributed by atoms with Crippen LogP contribution in [0.4, 0.5) is 0 Å². The van der Waals surface area contributed by atoms with Crippen LogP contribution in [0.5, 0.6) is 5.75 Å². The van der Waals surface area contributed by atoms with Crippen molar-refractivity contribution in [2.24, 2.45) is 0 Å². The molecule has 0 fully saturated rings. The Bertz CT molecular complexity index is 760. The number of ether oxygens (including phenoxy) is 1. The van der Waals surface area contributed by atoms with Crippen LogP contribution in [-0.2, 0) is 4.74 Å². The molecule has 0 aliphatic heterocycles. The van der Waals surface area contributed by atoms with E-state index in [2.05, 4.69) is 9.84 Å². The second-order valence-corrected chi connectivity index (χ2v) is 4.94. The quantitative estimate of drug-likeness (QED) is 0.729. The summed E-state index contributed by atoms with van der Waals surface area (Å²) in [6, 6.07) is 9.23. The minimum atomic E-state index is -0.551. The number of thiophene rings is 1. The maximum Gasteiger partial charge on any atom is 0.351 e. The third kappa shape index (κ3) is 1.86. The van der Waals surface area contributed by atoms with Gasteiger partial charge in [-0.25, -0.2) is 9.48 Å². The average molecular weight is 274 g/mol. The number of esters is 1. The molecule has 1 aromatic carbocycles. The maximum absolute atomic E-state index is 11.5. The highest BCUT2D eigenvalue weighted by molar-refractivity contribution is 7.16. The Kier molecular flexibility index (Phi) is 2.72. The van der Waals surface area contributed by atoms with E-state index in [1.165, 1.54) is 13.2 Å². The van der Waals surface area contributed by atoms with Crippen molar-refractivity contribution in [1.82, 2.24) is 9.78 Å². The summed E-state index contributed by atoms with van der Waals surface area (Å²) in [4.78, 5) is 11.7. The number of nitrogens with zero attached hydrogens (tertiary/aromatic N) is 2. The predicted octanol–water partition coefficient (Wildman–Crippen LogP) is 2.58. The molecular formula is C13H10N2O3S. The monoisotopic (exact) mass is 274 g/mol. The van der Waals surface area contributed by atoms with Crippen molar-refractivity contribution in [3.63, 3.8) is 0 Å². The van der Waals surface area contributed by atoms with Crippen LogP contribution in [-0.4, -0.2) is 28.0 Å². The fourth-order valence-electron chi connectivity index (χ4n) is 1.86. The SMILES string of the molecule is COC(=O)c1sc(-n2ncc3ccccc32)cc1O. The molecule has 0 amide bonds. The molecule has 19 heavy (non-hydrogen) atoms. The molecule has 6 heteroatoms. The zero-order valence-electron chi connectivity index (χ0n) is 10.0. The normalized spacial score (nSPS) is 10.8. The first-order chi connectivity index (χ1) is 9.20. The van der Waals surface area contributed by atoms with Gasteiger partial charge in [0.15, 0.2) is 4.88 Å². The predicted molar refractivity (Wildman–Crippen MR) is 72.0 cm³/mol. The molecule has 3 aromatic rings. The lowest BCUT2D eigenvalue weighted by Crippen LogP contribution is -1.97. The highest BCUT2D eigenvalue weighted by Gasteiger charge is 2.18. The number of methoxy groups -OCH3 is 1. The van der Waals surface area contributed by atoms with Crippen molar-refractivity contribution in [1.29, 1.82) is 0 Å². The van der Waals surface area contributed by atoms with Gasteiger partial charge in [-0.2, -0.15) is 5.10 Å². The molecule has 0 spiro atoms. The number of hydrogen-bond acceptors (Lipinski definition) is 5. The highest BCUT2D eigenvalue weighted by atomic mass is 32.1. The van der Waals surface area contributed by atoms with Crippen LogP contribution in [0.2, 0.25) is 0 Å². The largest absolute Gasteiger partial charge is 0.506 e. The van der Waals surface area contributed by atoms with E-state index in [1.807, 2.05) is 24.3 Å². The standard InChI is InChI=1S/C13H10N2O3S/c1-18-13(17)12-10(16)6-11(19-12)15-9-5-3-2-4-8(9)7-14-15/h2-7,16H,1H3. The van der Waals surface area contributed by atoms with Gasteiger partial charge in [-0.15, -0.1) is 11.3 Å². The zero-order valence-corrected chi connectivity index (χ0v) is 10.8. The van der Waals surface area contributed by atoms with Gasteiger partial charge in [0.1, 0.15) is 10.8 Å². The molecule has 96 valence electrons. The topological polar surface area (TPSA) is 64.4 Å². The summed E-state index contributed by atoms with van der Waals surface area (Å²) < 4.78 is 6.30. The second kappa shape index (κ2) is 4.40. The van der Waals surface area contributed by atoms with Crippen LogP contribution in [0.25, 0.3) is 15.9 Å². The van der Waals surface area contributed by atoms with E-state index in [0.717, 1.165) is 22.2 Å². The third-order valence-electron chi connectivity index (χ3n) is 2.76. The van der Waals surface area contributed by atoms with Gasteiger partial charge in [0, 0.05) is 11.5 Å². The molecule has 0 aliphatic rings. The third-order valence-corrected chi connectivity index (χ3v) is 3.84. The van der Waals surface area contributed by atoms with Gasteiger partial charge in [0.2, 0.25) is 0 Å². The molecule has 2 aromatic heterocycles. The molecule has 0 radical (unpaired) electrons. The molecule has 0 aliphatic carbocycles. The molecule has 0 saturated carbocycles. The Morgan fingerprint density at radius 2 is 2.21 bits per heavy atom. The van der Waals surface area contributed by atoms with Crippen LogP contribution >= 0.6 is 11.3 Å². The van der Waals surface area contributed by atoms with Crippen LogP contribution in [0.3, 0.4) is 0 Å². The van der Waals surface area contributed by atoms with Crippen molar-refractivity contribution in [3.8, 4) is 10.8 Å². The van der Waals surface area contributed by atoms with Gasteiger partial charge in [0.25, 0.3) is 0 Å². The Hall–Kier alpha value is -2.34. The molecule has 0 unspecified atom stereocenters. The summed E-state index contributed by atoms with van der Waals surface area (Å²) in [5.41, 5.74) is 0.917. The minimum Gasteiger partial charge on any atom is -0.506 e. The number of benzene rings is 1. The lowest BCUT2D eigenvalue weighted by molar-refractivity contribution is 0.0603. The molecule has 0 atom stereocenters. The van der Waals surface area contributed by atoms with Gasteiger partial charge in [-0.05, 0) is 6.07 Å². The van der Waals surface area contributed by atoms with Crippen molar-refractivity contribution >= 4 is 28.2 Å². The molecular weight excluding hydrogens is 264 g/mol. The summed E-state index contributed by atoms with van der Waals surface area (Å²) in [5, 5.41) is 15.7. The van der Waals surface area contributed by atoms with Crippen molar-refractivity contribution < 1.29 is 14.6 Å². The number of rotatable bonds is 2.